The van der Waals surface area contributed by atoms with Crippen molar-refractivity contribution in [2.75, 3.05) is 11.8 Å². The number of rotatable bonds is 4. The van der Waals surface area contributed by atoms with Gasteiger partial charge in [-0.3, -0.25) is 9.59 Å². The monoisotopic (exact) mass is 216 g/mol. The lowest BCUT2D eigenvalue weighted by Gasteiger charge is -1.78. The number of carboxylic acids is 2. The largest absolute Gasteiger partial charge is 0.481 e. The summed E-state index contributed by atoms with van der Waals surface area (Å²) in [4.78, 5) is 19.0. The van der Waals surface area contributed by atoms with Gasteiger partial charge in [-0.15, -0.1) is 23.2 Å². The number of halogens is 2. The molecule has 0 aliphatic carbocycles. The zero-order chi connectivity index (χ0) is 9.98. The zero-order valence-electron chi connectivity index (χ0n) is 6.30. The van der Waals surface area contributed by atoms with Crippen molar-refractivity contribution in [1.82, 2.24) is 0 Å². The highest BCUT2D eigenvalue weighted by atomic mass is 35.5. The third-order valence-corrected chi connectivity index (χ3v) is 0.995. The lowest BCUT2D eigenvalue weighted by molar-refractivity contribution is -0.137. The molecule has 0 unspecified atom stereocenters. The highest BCUT2D eigenvalue weighted by Crippen LogP contribution is 1.81. The number of carbonyl (C=O) groups is 2. The highest BCUT2D eigenvalue weighted by Gasteiger charge is 1.89. The Bertz CT molecular complexity index is 122. The van der Waals surface area contributed by atoms with E-state index in [1.807, 2.05) is 0 Å². The zero-order valence-corrected chi connectivity index (χ0v) is 7.81. The molecule has 0 saturated heterocycles. The number of carboxylic acid groups (broad SMARTS) is 2. The van der Waals surface area contributed by atoms with Gasteiger partial charge in [0.25, 0.3) is 0 Å². The second kappa shape index (κ2) is 10.5. The normalized spacial score (nSPS) is 8.17. The molecule has 0 rings (SSSR count). The SMILES string of the molecule is O=C(O)CCCl.O=C(O)CCCl. The Morgan fingerprint density at radius 2 is 1.17 bits per heavy atom. The van der Waals surface area contributed by atoms with E-state index in [1.54, 1.807) is 0 Å². The van der Waals surface area contributed by atoms with Crippen LogP contribution in [0.1, 0.15) is 12.8 Å². The second-order valence-electron chi connectivity index (χ2n) is 1.67. The van der Waals surface area contributed by atoms with Crippen LogP contribution >= 0.6 is 23.2 Å². The van der Waals surface area contributed by atoms with Crippen LogP contribution in [0.25, 0.3) is 0 Å². The number of hydrogen-bond acceptors (Lipinski definition) is 2. The molecule has 0 aliphatic heterocycles. The lowest BCUT2D eigenvalue weighted by Crippen LogP contribution is -1.93. The smallest absolute Gasteiger partial charge is 0.304 e. The van der Waals surface area contributed by atoms with Crippen molar-refractivity contribution < 1.29 is 19.8 Å². The maximum Gasteiger partial charge on any atom is 0.304 e. The molecule has 6 heteroatoms. The molecule has 0 aromatic heterocycles. The minimum atomic E-state index is -0.843. The van der Waals surface area contributed by atoms with E-state index in [0.717, 1.165) is 0 Å². The Morgan fingerprint density at radius 3 is 1.17 bits per heavy atom. The van der Waals surface area contributed by atoms with Crippen LogP contribution in [0.2, 0.25) is 0 Å². The fraction of sp³-hybridized carbons (Fsp3) is 0.667. The van der Waals surface area contributed by atoms with Crippen molar-refractivity contribution in [3.8, 4) is 0 Å². The standard InChI is InChI=1S/2C3H5ClO2/c2*4-2-1-3(5)6/h2*1-2H2,(H,5,6). The molecule has 0 radical (unpaired) electrons. The summed E-state index contributed by atoms with van der Waals surface area (Å²) in [5.41, 5.74) is 0. The van der Waals surface area contributed by atoms with E-state index in [9.17, 15) is 9.59 Å². The van der Waals surface area contributed by atoms with Crippen LogP contribution in [0, 0.1) is 0 Å². The highest BCUT2D eigenvalue weighted by molar-refractivity contribution is 6.18. The molecule has 0 aliphatic rings. The number of aliphatic carboxylic acids is 2. The van der Waals surface area contributed by atoms with Crippen molar-refractivity contribution in [2.45, 2.75) is 12.8 Å². The summed E-state index contributed by atoms with van der Waals surface area (Å²) in [6.07, 6.45) is 0.114. The summed E-state index contributed by atoms with van der Waals surface area (Å²) in [6, 6.07) is 0. The summed E-state index contributed by atoms with van der Waals surface area (Å²) in [7, 11) is 0. The van der Waals surface area contributed by atoms with Gasteiger partial charge in [0.2, 0.25) is 0 Å². The van der Waals surface area contributed by atoms with Gasteiger partial charge in [-0.25, -0.2) is 0 Å². The molecule has 0 aromatic carbocycles. The number of alkyl halides is 2. The molecule has 12 heavy (non-hydrogen) atoms. The third kappa shape index (κ3) is 22.7. The van der Waals surface area contributed by atoms with Crippen LogP contribution in [-0.4, -0.2) is 33.9 Å². The average molecular weight is 217 g/mol. The first-order chi connectivity index (χ1) is 5.54. The van der Waals surface area contributed by atoms with Gasteiger partial charge >= 0.3 is 11.9 Å². The minimum Gasteiger partial charge on any atom is -0.481 e. The van der Waals surface area contributed by atoms with Crippen LogP contribution in [-0.2, 0) is 9.59 Å². The van der Waals surface area contributed by atoms with Crippen LogP contribution in [0.15, 0.2) is 0 Å². The number of hydrogen-bond donors (Lipinski definition) is 2. The van der Waals surface area contributed by atoms with E-state index in [4.69, 9.17) is 33.4 Å². The first-order valence-corrected chi connectivity index (χ1v) is 4.17. The van der Waals surface area contributed by atoms with Gasteiger partial charge in [-0.05, 0) is 0 Å². The second-order valence-corrected chi connectivity index (χ2v) is 2.42. The molecule has 0 atom stereocenters. The van der Waals surface area contributed by atoms with Crippen LogP contribution < -0.4 is 0 Å². The van der Waals surface area contributed by atoms with Crippen molar-refractivity contribution in [3.63, 3.8) is 0 Å². The first-order valence-electron chi connectivity index (χ1n) is 3.10. The molecule has 0 saturated carbocycles. The van der Waals surface area contributed by atoms with Crippen molar-refractivity contribution in [2.24, 2.45) is 0 Å². The Kier molecular flexibility index (Phi) is 12.3. The molecule has 72 valence electrons. The summed E-state index contributed by atoms with van der Waals surface area (Å²) < 4.78 is 0. The van der Waals surface area contributed by atoms with Crippen molar-refractivity contribution >= 4 is 35.1 Å². The first kappa shape index (κ1) is 14.1. The van der Waals surface area contributed by atoms with E-state index < -0.39 is 11.9 Å². The van der Waals surface area contributed by atoms with E-state index >= 15 is 0 Å². The summed E-state index contributed by atoms with van der Waals surface area (Å²) in [5.74, 6) is -1.28. The fourth-order valence-electron chi connectivity index (χ4n) is 0.162. The molecule has 0 heterocycles. The lowest BCUT2D eigenvalue weighted by atomic mass is 10.5. The van der Waals surface area contributed by atoms with Crippen LogP contribution in [0.5, 0.6) is 0 Å². The maximum absolute atomic E-state index is 9.51. The summed E-state index contributed by atoms with van der Waals surface area (Å²) >= 11 is 10.0. The predicted molar refractivity (Wildman–Crippen MR) is 45.9 cm³/mol. The van der Waals surface area contributed by atoms with Crippen LogP contribution in [0.4, 0.5) is 0 Å². The Balaban J connectivity index is 0. The molecular weight excluding hydrogens is 207 g/mol. The van der Waals surface area contributed by atoms with Gasteiger partial charge in [0.05, 0.1) is 12.8 Å². The molecule has 2 N–H and O–H groups in total. The summed E-state index contributed by atoms with van der Waals surface area (Å²) in [6.45, 7) is 0. The topological polar surface area (TPSA) is 74.6 Å². The Hall–Kier alpha value is -0.480. The van der Waals surface area contributed by atoms with Gasteiger partial charge in [-0.2, -0.15) is 0 Å². The third-order valence-electron chi connectivity index (χ3n) is 0.617. The van der Waals surface area contributed by atoms with Crippen LogP contribution in [0.3, 0.4) is 0 Å². The van der Waals surface area contributed by atoms with Crippen molar-refractivity contribution in [3.05, 3.63) is 0 Å². The molecule has 0 spiro atoms. The molecule has 0 bridgehead atoms. The van der Waals surface area contributed by atoms with Gasteiger partial charge in [0.15, 0.2) is 0 Å². The Labute approximate surface area is 80.1 Å². The molecule has 0 fully saturated rings. The Morgan fingerprint density at radius 1 is 0.917 bits per heavy atom. The minimum absolute atomic E-state index is 0.0571. The fourth-order valence-corrected chi connectivity index (χ4v) is 0.485. The van der Waals surface area contributed by atoms with E-state index in [2.05, 4.69) is 0 Å². The van der Waals surface area contributed by atoms with E-state index in [-0.39, 0.29) is 24.6 Å². The average Bonchev–Trinajstić information content (AvgIpc) is 1.87. The molecule has 4 nitrogen and oxygen atoms in total. The van der Waals surface area contributed by atoms with Gasteiger partial charge < -0.3 is 10.2 Å². The van der Waals surface area contributed by atoms with E-state index in [1.165, 1.54) is 0 Å². The van der Waals surface area contributed by atoms with Gasteiger partial charge in [0.1, 0.15) is 0 Å². The predicted octanol–water partition coefficient (Wildman–Crippen LogP) is 1.40. The van der Waals surface area contributed by atoms with Gasteiger partial charge in [-0.1, -0.05) is 0 Å². The van der Waals surface area contributed by atoms with E-state index in [0.29, 0.717) is 0 Å². The summed E-state index contributed by atoms with van der Waals surface area (Å²) in [5, 5.41) is 15.7. The molecular formula is C6H10Cl2O4. The van der Waals surface area contributed by atoms with Gasteiger partial charge in [0, 0.05) is 11.8 Å². The maximum atomic E-state index is 9.51. The molecule has 0 amide bonds. The quantitative estimate of drug-likeness (QED) is 0.698. The van der Waals surface area contributed by atoms with Crippen molar-refractivity contribution in [1.29, 1.82) is 0 Å². The molecule has 0 aromatic rings.